The summed E-state index contributed by atoms with van der Waals surface area (Å²) >= 11 is 0. The van der Waals surface area contributed by atoms with Crippen LogP contribution in [0.15, 0.2) is 72.8 Å². The Bertz CT molecular complexity index is 1250. The van der Waals surface area contributed by atoms with Crippen LogP contribution in [-0.2, 0) is 9.47 Å². The number of nitrogens with zero attached hydrogens (tertiary/aromatic N) is 1. The lowest BCUT2D eigenvalue weighted by Crippen LogP contribution is -2.26. The first-order valence-electron chi connectivity index (χ1n) is 11.1. The molecule has 0 fully saturated rings. The van der Waals surface area contributed by atoms with Crippen LogP contribution in [0, 0.1) is 10.1 Å². The van der Waals surface area contributed by atoms with Gasteiger partial charge >= 0.3 is 12.1 Å². The maximum atomic E-state index is 12.2. The van der Waals surface area contributed by atoms with Crippen molar-refractivity contribution in [1.29, 1.82) is 0 Å². The number of amides is 1. The van der Waals surface area contributed by atoms with Crippen LogP contribution >= 0.6 is 0 Å². The fourth-order valence-electron chi connectivity index (χ4n) is 4.20. The third-order valence-corrected chi connectivity index (χ3v) is 5.87. The highest BCUT2D eigenvalue weighted by Gasteiger charge is 2.28. The number of nitro groups is 1. The van der Waals surface area contributed by atoms with Gasteiger partial charge in [0.15, 0.2) is 0 Å². The number of methoxy groups -OCH3 is 1. The van der Waals surface area contributed by atoms with Crippen molar-refractivity contribution >= 4 is 23.8 Å². The molecule has 0 unspecified atom stereocenters. The monoisotopic (exact) mass is 472 g/mol. The smallest absolute Gasteiger partial charge is 0.407 e. The highest BCUT2D eigenvalue weighted by Crippen LogP contribution is 2.44. The number of carbonyl (C=O) groups is 2. The zero-order valence-electron chi connectivity index (χ0n) is 19.1. The van der Waals surface area contributed by atoms with Crippen LogP contribution in [0.3, 0.4) is 0 Å². The van der Waals surface area contributed by atoms with E-state index in [2.05, 4.69) is 34.3 Å². The molecule has 1 amide bonds. The van der Waals surface area contributed by atoms with Crippen LogP contribution in [0.2, 0.25) is 0 Å². The van der Waals surface area contributed by atoms with Gasteiger partial charge in [-0.15, -0.1) is 0 Å². The van der Waals surface area contributed by atoms with Gasteiger partial charge in [0.25, 0.3) is 5.69 Å². The third-order valence-electron chi connectivity index (χ3n) is 5.87. The molecule has 0 bridgehead atoms. The van der Waals surface area contributed by atoms with Crippen LogP contribution < -0.4 is 5.32 Å². The van der Waals surface area contributed by atoms with E-state index in [1.165, 1.54) is 25.3 Å². The van der Waals surface area contributed by atoms with Crippen LogP contribution in [0.5, 0.6) is 0 Å². The summed E-state index contributed by atoms with van der Waals surface area (Å²) in [6, 6.07) is 20.4. The maximum absolute atomic E-state index is 12.2. The number of hydrogen-bond acceptors (Lipinski definition) is 6. The average molecular weight is 472 g/mol. The molecule has 35 heavy (non-hydrogen) atoms. The van der Waals surface area contributed by atoms with Crippen LogP contribution in [0.4, 0.5) is 10.5 Å². The molecule has 0 saturated carbocycles. The number of esters is 1. The SMILES string of the molecule is COC(=O)c1ccc(C=CCCNC(=O)OCC2c3ccccc3-c3ccccc32)c([N+](=O)[O-])c1. The Kier molecular flexibility index (Phi) is 7.21. The lowest BCUT2D eigenvalue weighted by atomic mass is 9.98. The number of carbonyl (C=O) groups excluding carboxylic acids is 2. The summed E-state index contributed by atoms with van der Waals surface area (Å²) in [6.45, 7) is 0.537. The van der Waals surface area contributed by atoms with E-state index < -0.39 is 17.0 Å². The van der Waals surface area contributed by atoms with Gasteiger partial charge in [-0.05, 0) is 40.8 Å². The van der Waals surface area contributed by atoms with Gasteiger partial charge in [-0.2, -0.15) is 0 Å². The lowest BCUT2D eigenvalue weighted by molar-refractivity contribution is -0.385. The molecule has 4 rings (SSSR count). The molecular weight excluding hydrogens is 448 g/mol. The molecule has 0 heterocycles. The number of nitrogens with one attached hydrogen (secondary N) is 1. The fraction of sp³-hybridized carbons (Fsp3) is 0.185. The topological polar surface area (TPSA) is 108 Å². The molecule has 1 aliphatic carbocycles. The van der Waals surface area contributed by atoms with Gasteiger partial charge in [0.05, 0.1) is 23.2 Å². The molecule has 8 nitrogen and oxygen atoms in total. The molecule has 0 aromatic heterocycles. The van der Waals surface area contributed by atoms with Crippen LogP contribution in [-0.4, -0.2) is 37.2 Å². The van der Waals surface area contributed by atoms with Crippen molar-refractivity contribution < 1.29 is 24.0 Å². The first-order chi connectivity index (χ1) is 17.0. The number of fused-ring (bicyclic) bond motifs is 3. The van der Waals surface area contributed by atoms with Crippen molar-refractivity contribution in [3.63, 3.8) is 0 Å². The predicted molar refractivity (Wildman–Crippen MR) is 131 cm³/mol. The van der Waals surface area contributed by atoms with Crippen molar-refractivity contribution in [1.82, 2.24) is 5.32 Å². The summed E-state index contributed by atoms with van der Waals surface area (Å²) in [4.78, 5) is 34.6. The summed E-state index contributed by atoms with van der Waals surface area (Å²) in [7, 11) is 1.21. The minimum absolute atomic E-state index is 0.0124. The van der Waals surface area contributed by atoms with Gasteiger partial charge in [0.1, 0.15) is 6.61 Å². The zero-order chi connectivity index (χ0) is 24.8. The van der Waals surface area contributed by atoms with E-state index in [9.17, 15) is 19.7 Å². The molecule has 0 spiro atoms. The van der Waals surface area contributed by atoms with E-state index in [1.54, 1.807) is 12.2 Å². The molecule has 0 saturated heterocycles. The number of alkyl carbamates (subject to hydrolysis) is 1. The van der Waals surface area contributed by atoms with Crippen LogP contribution in [0.1, 0.15) is 39.4 Å². The molecule has 1 N–H and O–H groups in total. The maximum Gasteiger partial charge on any atom is 0.407 e. The Morgan fingerprint density at radius 2 is 1.69 bits per heavy atom. The second-order valence-corrected chi connectivity index (χ2v) is 7.97. The van der Waals surface area contributed by atoms with Gasteiger partial charge < -0.3 is 14.8 Å². The minimum atomic E-state index is -0.643. The molecule has 0 atom stereocenters. The average Bonchev–Trinajstić information content (AvgIpc) is 3.20. The molecule has 3 aromatic rings. The normalized spacial score (nSPS) is 12.1. The Labute approximate surface area is 202 Å². The van der Waals surface area contributed by atoms with E-state index in [4.69, 9.17) is 4.74 Å². The van der Waals surface area contributed by atoms with Gasteiger partial charge in [0, 0.05) is 18.5 Å². The third kappa shape index (κ3) is 5.22. The summed E-state index contributed by atoms with van der Waals surface area (Å²) in [5.41, 5.74) is 4.87. The van der Waals surface area contributed by atoms with E-state index in [0.29, 0.717) is 18.5 Å². The standard InChI is InChI=1S/C27H24N2O6/c1-34-26(30)19-14-13-18(25(16-19)29(32)33)8-6-7-15-28-27(31)35-17-24-22-11-4-2-9-20(22)21-10-3-5-12-23(21)24/h2-6,8-14,16,24H,7,15,17H2,1H3,(H,28,31). The molecule has 0 radical (unpaired) electrons. The largest absolute Gasteiger partial charge is 0.465 e. The molecule has 1 aliphatic rings. The predicted octanol–water partition coefficient (Wildman–Crippen LogP) is 5.32. The van der Waals surface area contributed by atoms with Crippen molar-refractivity contribution in [3.05, 3.63) is 105 Å². The lowest BCUT2D eigenvalue weighted by Gasteiger charge is -2.14. The highest BCUT2D eigenvalue weighted by molar-refractivity contribution is 5.90. The van der Waals surface area contributed by atoms with Crippen molar-refractivity contribution in [2.75, 3.05) is 20.3 Å². The Balaban J connectivity index is 1.29. The molecular formula is C27H24N2O6. The summed E-state index contributed by atoms with van der Waals surface area (Å²) in [5, 5.41) is 14.0. The second kappa shape index (κ2) is 10.6. The second-order valence-electron chi connectivity index (χ2n) is 7.97. The number of rotatable bonds is 8. The Morgan fingerprint density at radius 3 is 2.31 bits per heavy atom. The van der Waals surface area contributed by atoms with E-state index in [-0.39, 0.29) is 23.8 Å². The first kappa shape index (κ1) is 23.7. The number of benzene rings is 3. The summed E-state index contributed by atoms with van der Waals surface area (Å²) < 4.78 is 10.1. The van der Waals surface area contributed by atoms with E-state index in [1.807, 2.05) is 24.3 Å². The van der Waals surface area contributed by atoms with E-state index >= 15 is 0 Å². The van der Waals surface area contributed by atoms with Gasteiger partial charge in [0.2, 0.25) is 0 Å². The number of hydrogen-bond donors (Lipinski definition) is 1. The van der Waals surface area contributed by atoms with Crippen LogP contribution in [0.25, 0.3) is 17.2 Å². The molecule has 0 aliphatic heterocycles. The zero-order valence-corrected chi connectivity index (χ0v) is 19.1. The minimum Gasteiger partial charge on any atom is -0.465 e. The molecule has 8 heteroatoms. The first-order valence-corrected chi connectivity index (χ1v) is 11.1. The van der Waals surface area contributed by atoms with Crippen molar-refractivity contribution in [3.8, 4) is 11.1 Å². The van der Waals surface area contributed by atoms with Gasteiger partial charge in [-0.3, -0.25) is 10.1 Å². The Morgan fingerprint density at radius 1 is 1.03 bits per heavy atom. The Hall–Kier alpha value is -4.46. The molecule has 3 aromatic carbocycles. The molecule has 178 valence electrons. The highest BCUT2D eigenvalue weighted by atomic mass is 16.6. The fourth-order valence-corrected chi connectivity index (χ4v) is 4.20. The summed E-state index contributed by atoms with van der Waals surface area (Å²) in [6.07, 6.45) is 3.22. The van der Waals surface area contributed by atoms with E-state index in [0.717, 1.165) is 22.3 Å². The van der Waals surface area contributed by atoms with Crippen molar-refractivity contribution in [2.24, 2.45) is 0 Å². The number of nitro benzene ring substituents is 1. The van der Waals surface area contributed by atoms with Gasteiger partial charge in [-0.1, -0.05) is 60.7 Å². The van der Waals surface area contributed by atoms with Gasteiger partial charge in [-0.25, -0.2) is 9.59 Å². The van der Waals surface area contributed by atoms with Crippen molar-refractivity contribution in [2.45, 2.75) is 12.3 Å². The number of ether oxygens (including phenoxy) is 2. The quantitative estimate of drug-likeness (QED) is 0.206. The summed E-state index contributed by atoms with van der Waals surface area (Å²) in [5.74, 6) is -0.655.